The molecular formula is C23H25N5O4. The van der Waals surface area contributed by atoms with Crippen LogP contribution in [0.15, 0.2) is 42.5 Å². The molecular weight excluding hydrogens is 410 g/mol. The quantitative estimate of drug-likeness (QED) is 0.595. The minimum absolute atomic E-state index is 0.0694. The van der Waals surface area contributed by atoms with Crippen LogP contribution in [0.4, 0.5) is 5.69 Å². The Morgan fingerprint density at radius 1 is 1.25 bits per heavy atom. The number of ether oxygens (including phenoxy) is 1. The molecule has 2 amide bonds. The molecule has 9 heteroatoms. The second-order valence-electron chi connectivity index (χ2n) is 7.91. The van der Waals surface area contributed by atoms with Crippen molar-refractivity contribution in [3.05, 3.63) is 59.4 Å². The van der Waals surface area contributed by atoms with Gasteiger partial charge in [-0.2, -0.15) is 0 Å². The highest BCUT2D eigenvalue weighted by Gasteiger charge is 2.30. The minimum atomic E-state index is -0.717. The first-order valence-corrected chi connectivity index (χ1v) is 10.3. The third-order valence-corrected chi connectivity index (χ3v) is 5.53. The topological polar surface area (TPSA) is 108 Å². The van der Waals surface area contributed by atoms with Crippen molar-refractivity contribution in [1.82, 2.24) is 19.8 Å². The van der Waals surface area contributed by atoms with Crippen LogP contribution < -0.4 is 5.32 Å². The molecule has 1 aliphatic heterocycles. The zero-order valence-corrected chi connectivity index (χ0v) is 18.2. The van der Waals surface area contributed by atoms with Gasteiger partial charge in [0.2, 0.25) is 5.91 Å². The number of methoxy groups -OCH3 is 1. The number of fused-ring (bicyclic) bond motifs is 2. The van der Waals surface area contributed by atoms with Crippen LogP contribution in [0.25, 0.3) is 11.0 Å². The summed E-state index contributed by atoms with van der Waals surface area (Å²) in [5.41, 5.74) is 3.81. The lowest BCUT2D eigenvalue weighted by Gasteiger charge is -2.19. The molecule has 0 fully saturated rings. The van der Waals surface area contributed by atoms with Gasteiger partial charge in [0, 0.05) is 31.9 Å². The SMILES string of the molecule is COC(=O)CC1Nc2ccc(C(=O)N(C)Cc3nc4ccccc4[nH]3)cc2CN(C)C1=O. The van der Waals surface area contributed by atoms with E-state index in [9.17, 15) is 14.4 Å². The highest BCUT2D eigenvalue weighted by molar-refractivity contribution is 5.95. The number of esters is 1. The largest absolute Gasteiger partial charge is 0.469 e. The molecule has 0 spiro atoms. The van der Waals surface area contributed by atoms with E-state index in [0.717, 1.165) is 16.6 Å². The van der Waals surface area contributed by atoms with Crippen LogP contribution in [0.2, 0.25) is 0 Å². The number of benzene rings is 2. The fraction of sp³-hybridized carbons (Fsp3) is 0.304. The number of H-pyrrole nitrogens is 1. The maximum atomic E-state index is 13.1. The van der Waals surface area contributed by atoms with Crippen LogP contribution in [0.1, 0.15) is 28.2 Å². The molecule has 9 nitrogen and oxygen atoms in total. The Morgan fingerprint density at radius 2 is 2.03 bits per heavy atom. The highest BCUT2D eigenvalue weighted by Crippen LogP contribution is 2.25. The highest BCUT2D eigenvalue weighted by atomic mass is 16.5. The number of hydrogen-bond donors (Lipinski definition) is 2. The van der Waals surface area contributed by atoms with Crippen molar-refractivity contribution in [2.45, 2.75) is 25.6 Å². The van der Waals surface area contributed by atoms with E-state index in [0.29, 0.717) is 30.2 Å². The van der Waals surface area contributed by atoms with Crippen LogP contribution in [-0.2, 0) is 27.4 Å². The molecule has 2 N–H and O–H groups in total. The van der Waals surface area contributed by atoms with Crippen LogP contribution in [0.3, 0.4) is 0 Å². The van der Waals surface area contributed by atoms with Gasteiger partial charge in [0.25, 0.3) is 5.91 Å². The van der Waals surface area contributed by atoms with Crippen molar-refractivity contribution in [1.29, 1.82) is 0 Å². The van der Waals surface area contributed by atoms with E-state index < -0.39 is 12.0 Å². The van der Waals surface area contributed by atoms with E-state index in [1.54, 1.807) is 42.1 Å². The second-order valence-corrected chi connectivity index (χ2v) is 7.91. The van der Waals surface area contributed by atoms with Gasteiger partial charge in [-0.15, -0.1) is 0 Å². The lowest BCUT2D eigenvalue weighted by molar-refractivity contribution is -0.143. The van der Waals surface area contributed by atoms with Crippen molar-refractivity contribution in [2.75, 3.05) is 26.5 Å². The molecule has 0 bridgehead atoms. The van der Waals surface area contributed by atoms with Crippen LogP contribution in [-0.4, -0.2) is 64.8 Å². The third kappa shape index (κ3) is 4.27. The summed E-state index contributed by atoms with van der Waals surface area (Å²) in [6, 6.07) is 12.3. The minimum Gasteiger partial charge on any atom is -0.469 e. The molecule has 0 saturated heterocycles. The molecule has 1 unspecified atom stereocenters. The molecule has 0 saturated carbocycles. The smallest absolute Gasteiger partial charge is 0.308 e. The zero-order valence-electron chi connectivity index (χ0n) is 18.2. The summed E-state index contributed by atoms with van der Waals surface area (Å²) in [7, 11) is 4.69. The normalized spacial score (nSPS) is 15.7. The van der Waals surface area contributed by atoms with Crippen molar-refractivity contribution < 1.29 is 19.1 Å². The van der Waals surface area contributed by atoms with Crippen molar-refractivity contribution in [3.63, 3.8) is 0 Å². The number of aromatic nitrogens is 2. The van der Waals surface area contributed by atoms with Crippen LogP contribution in [0, 0.1) is 0 Å². The molecule has 3 aromatic rings. The van der Waals surface area contributed by atoms with Gasteiger partial charge < -0.3 is 24.8 Å². The fourth-order valence-electron chi connectivity index (χ4n) is 3.83. The molecule has 0 radical (unpaired) electrons. The first-order chi connectivity index (χ1) is 15.4. The molecule has 4 rings (SSSR count). The van der Waals surface area contributed by atoms with Gasteiger partial charge in [-0.05, 0) is 35.9 Å². The van der Waals surface area contributed by atoms with Crippen LogP contribution in [0.5, 0.6) is 0 Å². The van der Waals surface area contributed by atoms with E-state index in [1.165, 1.54) is 7.11 Å². The number of aromatic amines is 1. The Labute approximate surface area is 185 Å². The van der Waals surface area contributed by atoms with Gasteiger partial charge in [-0.1, -0.05) is 12.1 Å². The molecule has 0 aliphatic carbocycles. The first-order valence-electron chi connectivity index (χ1n) is 10.3. The summed E-state index contributed by atoms with van der Waals surface area (Å²) < 4.78 is 4.70. The maximum Gasteiger partial charge on any atom is 0.308 e. The second kappa shape index (κ2) is 8.70. The Bertz CT molecular complexity index is 1160. The van der Waals surface area contributed by atoms with E-state index >= 15 is 0 Å². The van der Waals surface area contributed by atoms with E-state index in [4.69, 9.17) is 4.74 Å². The number of carbonyl (C=O) groups excluding carboxylic acids is 3. The average Bonchev–Trinajstić information content (AvgIpc) is 3.15. The Kier molecular flexibility index (Phi) is 5.81. The Morgan fingerprint density at radius 3 is 2.78 bits per heavy atom. The predicted octanol–water partition coefficient (Wildman–Crippen LogP) is 2.15. The number of amides is 2. The maximum absolute atomic E-state index is 13.1. The number of para-hydroxylation sites is 2. The average molecular weight is 435 g/mol. The number of imidazole rings is 1. The molecule has 166 valence electrons. The predicted molar refractivity (Wildman–Crippen MR) is 119 cm³/mol. The summed E-state index contributed by atoms with van der Waals surface area (Å²) >= 11 is 0. The van der Waals surface area contributed by atoms with Crippen molar-refractivity contribution >= 4 is 34.5 Å². The van der Waals surface area contributed by atoms with Gasteiger partial charge in [-0.25, -0.2) is 4.98 Å². The zero-order chi connectivity index (χ0) is 22.8. The van der Waals surface area contributed by atoms with E-state index in [-0.39, 0.29) is 18.2 Å². The lowest BCUT2D eigenvalue weighted by atomic mass is 10.1. The van der Waals surface area contributed by atoms with Gasteiger partial charge in [-0.3, -0.25) is 14.4 Å². The third-order valence-electron chi connectivity index (χ3n) is 5.53. The summed E-state index contributed by atoms with van der Waals surface area (Å²) in [5, 5.41) is 3.12. The number of carbonyl (C=O) groups is 3. The number of nitrogens with one attached hydrogen (secondary N) is 2. The number of rotatable bonds is 5. The molecule has 2 aromatic carbocycles. The standard InChI is InChI=1S/C23H25N5O4/c1-27-12-15-10-14(8-9-16(15)24-19(23(27)31)11-21(29)32-3)22(30)28(2)13-20-25-17-6-4-5-7-18(17)26-20/h4-10,19,24H,11-13H2,1-3H3,(H,25,26). The number of likely N-dealkylation sites (N-methyl/N-ethyl adjacent to an activating group) is 1. The number of nitrogens with zero attached hydrogens (tertiary/aromatic N) is 3. The monoisotopic (exact) mass is 435 g/mol. The summed E-state index contributed by atoms with van der Waals surface area (Å²) in [5.74, 6) is -0.125. The molecule has 32 heavy (non-hydrogen) atoms. The van der Waals surface area contributed by atoms with Gasteiger partial charge in [0.05, 0.1) is 31.1 Å². The Hall–Kier alpha value is -3.88. The van der Waals surface area contributed by atoms with Gasteiger partial charge in [0.15, 0.2) is 0 Å². The van der Waals surface area contributed by atoms with Crippen LogP contribution >= 0.6 is 0 Å². The van der Waals surface area contributed by atoms with Crippen molar-refractivity contribution in [2.24, 2.45) is 0 Å². The summed E-state index contributed by atoms with van der Waals surface area (Å²) in [4.78, 5) is 48.3. The molecule has 1 aromatic heterocycles. The Balaban J connectivity index is 1.52. The van der Waals surface area contributed by atoms with Gasteiger partial charge >= 0.3 is 5.97 Å². The van der Waals surface area contributed by atoms with Gasteiger partial charge in [0.1, 0.15) is 11.9 Å². The molecule has 2 heterocycles. The summed E-state index contributed by atoms with van der Waals surface area (Å²) in [6.45, 7) is 0.662. The number of anilines is 1. The number of hydrogen-bond acceptors (Lipinski definition) is 6. The van der Waals surface area contributed by atoms with Crippen molar-refractivity contribution in [3.8, 4) is 0 Å². The lowest BCUT2D eigenvalue weighted by Crippen LogP contribution is -2.39. The summed E-state index contributed by atoms with van der Waals surface area (Å²) in [6.07, 6.45) is -0.0694. The fourth-order valence-corrected chi connectivity index (χ4v) is 3.83. The molecule has 1 atom stereocenters. The molecule has 1 aliphatic rings. The van der Waals surface area contributed by atoms with E-state index in [2.05, 4.69) is 15.3 Å². The van der Waals surface area contributed by atoms with E-state index in [1.807, 2.05) is 24.3 Å². The first kappa shape index (κ1) is 21.4.